The van der Waals surface area contributed by atoms with Gasteiger partial charge in [0.15, 0.2) is 0 Å². The molecule has 1 aliphatic rings. The van der Waals surface area contributed by atoms with E-state index < -0.39 is 0 Å². The van der Waals surface area contributed by atoms with E-state index in [9.17, 15) is 0 Å². The lowest BCUT2D eigenvalue weighted by molar-refractivity contribution is 0.219. The van der Waals surface area contributed by atoms with Crippen molar-refractivity contribution in [3.8, 4) is 0 Å². The normalized spacial score (nSPS) is 19.0. The van der Waals surface area contributed by atoms with Gasteiger partial charge in [0.2, 0.25) is 0 Å². The molecule has 1 unspecified atom stereocenters. The van der Waals surface area contributed by atoms with E-state index in [2.05, 4.69) is 31.0 Å². The molecule has 0 aromatic heterocycles. The van der Waals surface area contributed by atoms with Crippen molar-refractivity contribution in [2.45, 2.75) is 91.0 Å². The summed E-state index contributed by atoms with van der Waals surface area (Å²) in [5.41, 5.74) is 0. The predicted molar refractivity (Wildman–Crippen MR) is 94.9 cm³/mol. The third-order valence-electron chi connectivity index (χ3n) is 4.59. The van der Waals surface area contributed by atoms with Crippen LogP contribution in [-0.2, 0) is 0 Å². The van der Waals surface area contributed by atoms with Gasteiger partial charge in [-0.2, -0.15) is 0 Å². The Morgan fingerprint density at radius 2 is 1.67 bits per heavy atom. The van der Waals surface area contributed by atoms with Gasteiger partial charge in [0, 0.05) is 19.1 Å². The second-order valence-corrected chi connectivity index (χ2v) is 7.42. The molecule has 0 saturated carbocycles. The quantitative estimate of drug-likeness (QED) is 0.489. The topological polar surface area (TPSA) is 15.3 Å². The summed E-state index contributed by atoms with van der Waals surface area (Å²) in [5.74, 6) is 0.792. The van der Waals surface area contributed by atoms with Gasteiger partial charge in [-0.25, -0.2) is 0 Å². The zero-order valence-electron chi connectivity index (χ0n) is 15.0. The third kappa shape index (κ3) is 10.3. The summed E-state index contributed by atoms with van der Waals surface area (Å²) < 4.78 is 0. The van der Waals surface area contributed by atoms with E-state index in [-0.39, 0.29) is 0 Å². The molecule has 1 rings (SSSR count). The molecule has 1 N–H and O–H groups in total. The van der Waals surface area contributed by atoms with Gasteiger partial charge in [-0.05, 0) is 38.3 Å². The first-order valence-corrected chi connectivity index (χ1v) is 9.68. The first kappa shape index (κ1) is 19.0. The van der Waals surface area contributed by atoms with E-state index >= 15 is 0 Å². The van der Waals surface area contributed by atoms with Crippen LogP contribution in [0.5, 0.6) is 0 Å². The molecule has 1 fully saturated rings. The van der Waals surface area contributed by atoms with Gasteiger partial charge in [-0.15, -0.1) is 0 Å². The average molecular weight is 297 g/mol. The maximum Gasteiger partial charge on any atom is 0.0195 e. The molecule has 0 radical (unpaired) electrons. The van der Waals surface area contributed by atoms with Gasteiger partial charge in [-0.3, -0.25) is 0 Å². The van der Waals surface area contributed by atoms with E-state index in [4.69, 9.17) is 0 Å². The minimum absolute atomic E-state index is 0.762. The van der Waals surface area contributed by atoms with Gasteiger partial charge in [0.1, 0.15) is 0 Å². The Labute approximate surface area is 134 Å². The van der Waals surface area contributed by atoms with Crippen LogP contribution in [0.15, 0.2) is 0 Å². The average Bonchev–Trinajstić information content (AvgIpc) is 2.94. The van der Waals surface area contributed by atoms with Crippen LogP contribution in [0.1, 0.15) is 85.0 Å². The molecule has 2 heteroatoms. The number of hydrogen-bond acceptors (Lipinski definition) is 2. The molecule has 1 aliphatic heterocycles. The molecular formula is C19H40N2. The number of hydrogen-bond donors (Lipinski definition) is 1. The van der Waals surface area contributed by atoms with Gasteiger partial charge in [0.05, 0.1) is 0 Å². The van der Waals surface area contributed by atoms with Crippen LogP contribution in [0, 0.1) is 5.92 Å². The second-order valence-electron chi connectivity index (χ2n) is 7.42. The molecule has 0 aromatic carbocycles. The van der Waals surface area contributed by atoms with Crippen molar-refractivity contribution < 1.29 is 0 Å². The van der Waals surface area contributed by atoms with E-state index in [1.165, 1.54) is 90.4 Å². The Hall–Kier alpha value is -0.0800. The summed E-state index contributed by atoms with van der Waals surface area (Å²) >= 11 is 0. The maximum atomic E-state index is 3.65. The first-order chi connectivity index (χ1) is 10.2. The van der Waals surface area contributed by atoms with Crippen LogP contribution < -0.4 is 5.32 Å². The SMILES string of the molecule is CCCCCCCCCCN(CC(C)C)CC1CCCN1. The zero-order chi connectivity index (χ0) is 15.3. The molecule has 126 valence electrons. The minimum Gasteiger partial charge on any atom is -0.313 e. The minimum atomic E-state index is 0.762. The summed E-state index contributed by atoms with van der Waals surface area (Å²) in [6, 6.07) is 0.762. The molecule has 1 heterocycles. The van der Waals surface area contributed by atoms with Crippen molar-refractivity contribution in [3.63, 3.8) is 0 Å². The molecule has 0 spiro atoms. The fourth-order valence-electron chi connectivity index (χ4n) is 3.47. The van der Waals surface area contributed by atoms with Crippen LogP contribution in [0.25, 0.3) is 0 Å². The summed E-state index contributed by atoms with van der Waals surface area (Å²) in [6.45, 7) is 12.1. The fourth-order valence-corrected chi connectivity index (χ4v) is 3.47. The Balaban J connectivity index is 2.05. The van der Waals surface area contributed by atoms with Crippen molar-refractivity contribution in [2.75, 3.05) is 26.2 Å². The smallest absolute Gasteiger partial charge is 0.0195 e. The second kappa shape index (κ2) is 12.5. The number of nitrogens with zero attached hydrogens (tertiary/aromatic N) is 1. The molecule has 0 aromatic rings. The zero-order valence-corrected chi connectivity index (χ0v) is 15.0. The van der Waals surface area contributed by atoms with E-state index in [1.54, 1.807) is 0 Å². The molecule has 1 atom stereocenters. The van der Waals surface area contributed by atoms with Gasteiger partial charge < -0.3 is 10.2 Å². The highest BCUT2D eigenvalue weighted by Crippen LogP contribution is 2.12. The molecule has 21 heavy (non-hydrogen) atoms. The fraction of sp³-hybridized carbons (Fsp3) is 1.00. The Bertz CT molecular complexity index is 222. The summed E-state index contributed by atoms with van der Waals surface area (Å²) in [7, 11) is 0. The Kier molecular flexibility index (Phi) is 11.3. The third-order valence-corrected chi connectivity index (χ3v) is 4.59. The van der Waals surface area contributed by atoms with Crippen LogP contribution in [-0.4, -0.2) is 37.1 Å². The van der Waals surface area contributed by atoms with Gasteiger partial charge in [0.25, 0.3) is 0 Å². The molecule has 2 nitrogen and oxygen atoms in total. The van der Waals surface area contributed by atoms with E-state index in [0.717, 1.165) is 12.0 Å². The van der Waals surface area contributed by atoms with Gasteiger partial charge in [-0.1, -0.05) is 65.7 Å². The highest BCUT2D eigenvalue weighted by molar-refractivity contribution is 4.78. The van der Waals surface area contributed by atoms with Crippen LogP contribution in [0.4, 0.5) is 0 Å². The standard InChI is InChI=1S/C19H40N2/c1-4-5-6-7-8-9-10-11-15-21(16-18(2)3)17-19-13-12-14-20-19/h18-20H,4-17H2,1-3H3. The molecule has 0 amide bonds. The Morgan fingerprint density at radius 3 is 2.24 bits per heavy atom. The lowest BCUT2D eigenvalue weighted by Gasteiger charge is -2.27. The van der Waals surface area contributed by atoms with Crippen molar-refractivity contribution >= 4 is 0 Å². The van der Waals surface area contributed by atoms with Crippen molar-refractivity contribution in [3.05, 3.63) is 0 Å². The van der Waals surface area contributed by atoms with E-state index in [1.807, 2.05) is 0 Å². The molecule has 1 saturated heterocycles. The monoisotopic (exact) mass is 296 g/mol. The number of rotatable bonds is 13. The number of unbranched alkanes of at least 4 members (excludes halogenated alkanes) is 7. The lowest BCUT2D eigenvalue weighted by Crippen LogP contribution is -2.39. The largest absolute Gasteiger partial charge is 0.313 e. The number of nitrogens with one attached hydrogen (secondary N) is 1. The van der Waals surface area contributed by atoms with Crippen LogP contribution in [0.2, 0.25) is 0 Å². The van der Waals surface area contributed by atoms with Crippen molar-refractivity contribution in [2.24, 2.45) is 5.92 Å². The van der Waals surface area contributed by atoms with Crippen molar-refractivity contribution in [1.29, 1.82) is 0 Å². The summed E-state index contributed by atoms with van der Waals surface area (Å²) in [5, 5.41) is 3.65. The highest BCUT2D eigenvalue weighted by Gasteiger charge is 2.18. The molecule has 0 aliphatic carbocycles. The van der Waals surface area contributed by atoms with Crippen LogP contribution in [0.3, 0.4) is 0 Å². The van der Waals surface area contributed by atoms with E-state index in [0.29, 0.717) is 0 Å². The summed E-state index contributed by atoms with van der Waals surface area (Å²) in [4.78, 5) is 2.71. The maximum absolute atomic E-state index is 3.65. The van der Waals surface area contributed by atoms with Crippen LogP contribution >= 0.6 is 0 Å². The molecular weight excluding hydrogens is 256 g/mol. The van der Waals surface area contributed by atoms with Gasteiger partial charge >= 0.3 is 0 Å². The predicted octanol–water partition coefficient (Wildman–Crippen LogP) is 4.84. The Morgan fingerprint density at radius 1 is 1.00 bits per heavy atom. The first-order valence-electron chi connectivity index (χ1n) is 9.68. The molecule has 0 bridgehead atoms. The summed E-state index contributed by atoms with van der Waals surface area (Å²) in [6.07, 6.45) is 14.2. The highest BCUT2D eigenvalue weighted by atomic mass is 15.2. The van der Waals surface area contributed by atoms with Crippen molar-refractivity contribution in [1.82, 2.24) is 10.2 Å². The lowest BCUT2D eigenvalue weighted by atomic mass is 10.1.